The van der Waals surface area contributed by atoms with Gasteiger partial charge in [-0.3, -0.25) is 19.1 Å². The third kappa shape index (κ3) is 4.40. The van der Waals surface area contributed by atoms with Crippen LogP contribution in [-0.4, -0.2) is 40.1 Å². The molecule has 1 amide bonds. The number of carbonyl (C=O) groups is 1. The van der Waals surface area contributed by atoms with E-state index >= 15 is 0 Å². The van der Waals surface area contributed by atoms with Gasteiger partial charge in [0, 0.05) is 47.5 Å². The van der Waals surface area contributed by atoms with Crippen molar-refractivity contribution in [1.82, 2.24) is 5.32 Å². The van der Waals surface area contributed by atoms with Crippen LogP contribution in [0.2, 0.25) is 5.02 Å². The quantitative estimate of drug-likeness (QED) is 0.610. The second-order valence-corrected chi connectivity index (χ2v) is 6.59. The molecule has 0 aromatic heterocycles. The van der Waals surface area contributed by atoms with E-state index in [1.807, 2.05) is 0 Å². The van der Waals surface area contributed by atoms with Crippen LogP contribution < -0.4 is 10.6 Å². The van der Waals surface area contributed by atoms with Gasteiger partial charge in [0.15, 0.2) is 0 Å². The SMILES string of the molecule is CNc1c(Cl)cc(C(=O)NCC(C)S(C)=O)cc1[N+](=O)[O-]. The van der Waals surface area contributed by atoms with Gasteiger partial charge in [-0.1, -0.05) is 11.6 Å². The highest BCUT2D eigenvalue weighted by Gasteiger charge is 2.21. The summed E-state index contributed by atoms with van der Waals surface area (Å²) in [6.07, 6.45) is 1.54. The lowest BCUT2D eigenvalue weighted by Gasteiger charge is -2.11. The zero-order chi connectivity index (χ0) is 16.2. The van der Waals surface area contributed by atoms with Gasteiger partial charge < -0.3 is 10.6 Å². The summed E-state index contributed by atoms with van der Waals surface area (Å²) in [7, 11) is 0.443. The molecule has 2 atom stereocenters. The van der Waals surface area contributed by atoms with Crippen LogP contribution in [0, 0.1) is 10.1 Å². The smallest absolute Gasteiger partial charge is 0.294 e. The molecule has 1 rings (SSSR count). The van der Waals surface area contributed by atoms with E-state index in [2.05, 4.69) is 10.6 Å². The van der Waals surface area contributed by atoms with Crippen LogP contribution >= 0.6 is 11.6 Å². The van der Waals surface area contributed by atoms with Crippen LogP contribution in [0.3, 0.4) is 0 Å². The van der Waals surface area contributed by atoms with Crippen LogP contribution in [0.25, 0.3) is 0 Å². The number of halogens is 1. The zero-order valence-electron chi connectivity index (χ0n) is 11.8. The number of nitro benzene ring substituents is 1. The van der Waals surface area contributed by atoms with Gasteiger partial charge in [0.2, 0.25) is 0 Å². The topological polar surface area (TPSA) is 101 Å². The average Bonchev–Trinajstić information content (AvgIpc) is 2.42. The Morgan fingerprint density at radius 2 is 2.14 bits per heavy atom. The number of rotatable bonds is 6. The molecule has 116 valence electrons. The number of carbonyl (C=O) groups excluding carboxylic acids is 1. The Labute approximate surface area is 129 Å². The molecule has 0 aliphatic heterocycles. The normalized spacial score (nSPS) is 13.3. The Balaban J connectivity index is 3.00. The number of benzene rings is 1. The molecule has 0 aliphatic carbocycles. The largest absolute Gasteiger partial charge is 0.381 e. The van der Waals surface area contributed by atoms with E-state index in [1.54, 1.807) is 13.2 Å². The fourth-order valence-electron chi connectivity index (χ4n) is 1.57. The van der Waals surface area contributed by atoms with E-state index in [9.17, 15) is 19.1 Å². The first kappa shape index (κ1) is 17.4. The van der Waals surface area contributed by atoms with Gasteiger partial charge >= 0.3 is 0 Å². The van der Waals surface area contributed by atoms with Crippen molar-refractivity contribution in [2.24, 2.45) is 0 Å². The maximum absolute atomic E-state index is 12.0. The van der Waals surface area contributed by atoms with Crippen LogP contribution in [0.1, 0.15) is 17.3 Å². The summed E-state index contributed by atoms with van der Waals surface area (Å²) < 4.78 is 11.2. The minimum absolute atomic E-state index is 0.0831. The van der Waals surface area contributed by atoms with Crippen molar-refractivity contribution in [3.8, 4) is 0 Å². The van der Waals surface area contributed by atoms with E-state index in [-0.39, 0.29) is 33.8 Å². The molecular formula is C12H16ClN3O4S. The Morgan fingerprint density at radius 1 is 1.52 bits per heavy atom. The van der Waals surface area contributed by atoms with Crippen molar-refractivity contribution >= 4 is 39.7 Å². The lowest BCUT2D eigenvalue weighted by atomic mass is 10.1. The second-order valence-electron chi connectivity index (χ2n) is 4.38. The first-order valence-electron chi connectivity index (χ1n) is 6.04. The Morgan fingerprint density at radius 3 is 2.62 bits per heavy atom. The van der Waals surface area contributed by atoms with Crippen molar-refractivity contribution < 1.29 is 13.9 Å². The molecule has 0 fully saturated rings. The standard InChI is InChI=1S/C12H16ClN3O4S/c1-7(21(3)20)6-15-12(17)8-4-9(13)11(14-2)10(5-8)16(18)19/h4-5,7,14H,6H2,1-3H3,(H,15,17). The number of hydrogen-bond acceptors (Lipinski definition) is 5. The monoisotopic (exact) mass is 333 g/mol. The fourth-order valence-corrected chi connectivity index (χ4v) is 2.20. The van der Waals surface area contributed by atoms with E-state index in [4.69, 9.17) is 11.6 Å². The van der Waals surface area contributed by atoms with E-state index in [0.29, 0.717) is 0 Å². The highest BCUT2D eigenvalue weighted by Crippen LogP contribution is 2.33. The van der Waals surface area contributed by atoms with Crippen LogP contribution in [0.5, 0.6) is 0 Å². The van der Waals surface area contributed by atoms with Crippen molar-refractivity contribution in [2.75, 3.05) is 25.2 Å². The van der Waals surface area contributed by atoms with E-state index < -0.39 is 21.6 Å². The van der Waals surface area contributed by atoms with Crippen LogP contribution in [-0.2, 0) is 10.8 Å². The average molecular weight is 334 g/mol. The van der Waals surface area contributed by atoms with Gasteiger partial charge in [0.1, 0.15) is 5.69 Å². The molecule has 21 heavy (non-hydrogen) atoms. The lowest BCUT2D eigenvalue weighted by molar-refractivity contribution is -0.383. The molecule has 2 N–H and O–H groups in total. The zero-order valence-corrected chi connectivity index (χ0v) is 13.4. The first-order valence-corrected chi connectivity index (χ1v) is 8.04. The van der Waals surface area contributed by atoms with Crippen molar-refractivity contribution in [2.45, 2.75) is 12.2 Å². The van der Waals surface area contributed by atoms with Crippen molar-refractivity contribution in [1.29, 1.82) is 0 Å². The molecule has 1 aromatic rings. The van der Waals surface area contributed by atoms with Gasteiger partial charge in [-0.15, -0.1) is 0 Å². The molecule has 9 heteroatoms. The Kier molecular flexibility index (Phi) is 6.10. The molecule has 0 bridgehead atoms. The predicted molar refractivity (Wildman–Crippen MR) is 83.5 cm³/mol. The molecule has 2 unspecified atom stereocenters. The second kappa shape index (κ2) is 7.37. The Hall–Kier alpha value is -1.67. The minimum Gasteiger partial charge on any atom is -0.381 e. The van der Waals surface area contributed by atoms with Gasteiger partial charge in [0.25, 0.3) is 11.6 Å². The number of nitrogens with one attached hydrogen (secondary N) is 2. The van der Waals surface area contributed by atoms with Crippen molar-refractivity contribution in [3.63, 3.8) is 0 Å². The highest BCUT2D eigenvalue weighted by atomic mass is 35.5. The van der Waals surface area contributed by atoms with Crippen LogP contribution in [0.4, 0.5) is 11.4 Å². The van der Waals surface area contributed by atoms with Gasteiger partial charge in [-0.25, -0.2) is 0 Å². The number of anilines is 1. The summed E-state index contributed by atoms with van der Waals surface area (Å²) in [4.78, 5) is 22.4. The van der Waals surface area contributed by atoms with Crippen LogP contribution in [0.15, 0.2) is 12.1 Å². The maximum atomic E-state index is 12.0. The number of amides is 1. The third-order valence-corrected chi connectivity index (χ3v) is 4.49. The molecule has 0 saturated carbocycles. The molecule has 0 heterocycles. The Bertz CT molecular complexity index is 594. The van der Waals surface area contributed by atoms with E-state index in [0.717, 1.165) is 6.07 Å². The third-order valence-electron chi connectivity index (χ3n) is 2.90. The highest BCUT2D eigenvalue weighted by molar-refractivity contribution is 7.84. The van der Waals surface area contributed by atoms with Crippen molar-refractivity contribution in [3.05, 3.63) is 32.8 Å². The first-order chi connectivity index (χ1) is 9.77. The molecular weight excluding hydrogens is 318 g/mol. The lowest BCUT2D eigenvalue weighted by Crippen LogP contribution is -2.32. The minimum atomic E-state index is -1.06. The summed E-state index contributed by atoms with van der Waals surface area (Å²) in [5, 5.41) is 16.1. The molecule has 7 nitrogen and oxygen atoms in total. The molecule has 1 aromatic carbocycles. The van der Waals surface area contributed by atoms with Gasteiger partial charge in [-0.2, -0.15) is 0 Å². The predicted octanol–water partition coefficient (Wildman–Crippen LogP) is 1.79. The fraction of sp³-hybridized carbons (Fsp3) is 0.417. The summed E-state index contributed by atoms with van der Waals surface area (Å²) in [5.74, 6) is -0.500. The molecule has 0 radical (unpaired) electrons. The molecule has 0 spiro atoms. The van der Waals surface area contributed by atoms with Gasteiger partial charge in [0.05, 0.1) is 9.95 Å². The molecule has 0 saturated heterocycles. The summed E-state index contributed by atoms with van der Waals surface area (Å²) in [5.41, 5.74) is -0.0386. The molecule has 0 aliphatic rings. The van der Waals surface area contributed by atoms with Gasteiger partial charge in [-0.05, 0) is 13.0 Å². The summed E-state index contributed by atoms with van der Waals surface area (Å²) >= 11 is 5.94. The summed E-state index contributed by atoms with van der Waals surface area (Å²) in [6, 6.07) is 2.50. The number of nitrogens with zero attached hydrogens (tertiary/aromatic N) is 1. The number of nitro groups is 1. The van der Waals surface area contributed by atoms with E-state index in [1.165, 1.54) is 13.1 Å². The summed E-state index contributed by atoms with van der Waals surface area (Å²) in [6.45, 7) is 1.94. The maximum Gasteiger partial charge on any atom is 0.294 e. The number of hydrogen-bond donors (Lipinski definition) is 2.